The molecule has 1 N–H and O–H groups in total. The Morgan fingerprint density at radius 1 is 1.50 bits per heavy atom. The first-order valence-electron chi connectivity index (χ1n) is 5.05. The second kappa shape index (κ2) is 5.55. The molecule has 2 unspecified atom stereocenters. The van der Waals surface area contributed by atoms with Crippen LogP contribution < -0.4 is 5.32 Å². The number of rotatable bonds is 4. The van der Waals surface area contributed by atoms with Crippen molar-refractivity contribution in [3.63, 3.8) is 0 Å². The molecule has 1 aliphatic heterocycles. The molecule has 0 amide bonds. The van der Waals surface area contributed by atoms with Crippen LogP contribution in [-0.4, -0.2) is 26.3 Å². The van der Waals surface area contributed by atoms with Gasteiger partial charge in [0.1, 0.15) is 0 Å². The molecule has 0 saturated carbocycles. The molecule has 12 heavy (non-hydrogen) atoms. The number of hydrogen-bond donors (Lipinski definition) is 1. The van der Waals surface area contributed by atoms with Gasteiger partial charge in [-0.1, -0.05) is 6.92 Å². The summed E-state index contributed by atoms with van der Waals surface area (Å²) in [5.74, 6) is 0.916. The Balaban J connectivity index is 2.06. The molecule has 1 aliphatic rings. The van der Waals surface area contributed by atoms with E-state index in [2.05, 4.69) is 12.2 Å². The lowest BCUT2D eigenvalue weighted by Gasteiger charge is -2.28. The monoisotopic (exact) mass is 171 g/mol. The topological polar surface area (TPSA) is 21.3 Å². The summed E-state index contributed by atoms with van der Waals surface area (Å²) in [4.78, 5) is 0. The van der Waals surface area contributed by atoms with Gasteiger partial charge >= 0.3 is 0 Å². The normalized spacial score (nSPS) is 30.5. The van der Waals surface area contributed by atoms with E-state index in [0.717, 1.165) is 18.6 Å². The lowest BCUT2D eigenvalue weighted by Crippen LogP contribution is -2.37. The average Bonchev–Trinajstić information content (AvgIpc) is 2.05. The molecule has 2 heteroatoms. The Kier molecular flexibility index (Phi) is 4.62. The van der Waals surface area contributed by atoms with E-state index < -0.39 is 0 Å². The van der Waals surface area contributed by atoms with Gasteiger partial charge in [-0.15, -0.1) is 0 Å². The van der Waals surface area contributed by atoms with Crippen LogP contribution >= 0.6 is 0 Å². The van der Waals surface area contributed by atoms with Crippen LogP contribution in [0.15, 0.2) is 0 Å². The number of nitrogens with one attached hydrogen (secondary N) is 1. The molecule has 0 aromatic carbocycles. The van der Waals surface area contributed by atoms with E-state index in [4.69, 9.17) is 4.74 Å². The fourth-order valence-corrected chi connectivity index (χ4v) is 1.91. The zero-order chi connectivity index (χ0) is 8.81. The van der Waals surface area contributed by atoms with Crippen LogP contribution in [0, 0.1) is 5.92 Å². The summed E-state index contributed by atoms with van der Waals surface area (Å²) in [5.41, 5.74) is 0. The van der Waals surface area contributed by atoms with Crippen LogP contribution in [0.4, 0.5) is 0 Å². The van der Waals surface area contributed by atoms with Crippen molar-refractivity contribution < 1.29 is 4.74 Å². The van der Waals surface area contributed by atoms with Gasteiger partial charge in [0.25, 0.3) is 0 Å². The third-order valence-corrected chi connectivity index (χ3v) is 2.66. The van der Waals surface area contributed by atoms with Crippen LogP contribution in [-0.2, 0) is 4.74 Å². The van der Waals surface area contributed by atoms with Crippen molar-refractivity contribution in [1.29, 1.82) is 0 Å². The second-order valence-corrected chi connectivity index (χ2v) is 3.92. The molecular formula is C10H21NO. The molecule has 1 heterocycles. The van der Waals surface area contributed by atoms with Gasteiger partial charge in [-0.05, 0) is 38.1 Å². The van der Waals surface area contributed by atoms with Gasteiger partial charge in [-0.25, -0.2) is 0 Å². The van der Waals surface area contributed by atoms with Gasteiger partial charge in [-0.2, -0.15) is 0 Å². The average molecular weight is 171 g/mol. The Bertz CT molecular complexity index is 116. The highest BCUT2D eigenvalue weighted by molar-refractivity contribution is 4.75. The number of methoxy groups -OCH3 is 1. The highest BCUT2D eigenvalue weighted by Crippen LogP contribution is 2.17. The van der Waals surface area contributed by atoms with Gasteiger partial charge < -0.3 is 10.1 Å². The molecule has 2 atom stereocenters. The van der Waals surface area contributed by atoms with Crippen LogP contribution in [0.2, 0.25) is 0 Å². The van der Waals surface area contributed by atoms with Crippen molar-refractivity contribution >= 4 is 0 Å². The van der Waals surface area contributed by atoms with Gasteiger partial charge in [0.15, 0.2) is 0 Å². The Labute approximate surface area is 75.7 Å². The molecule has 0 aliphatic carbocycles. The lowest BCUT2D eigenvalue weighted by molar-refractivity contribution is 0.183. The van der Waals surface area contributed by atoms with Crippen molar-refractivity contribution in [2.75, 3.05) is 20.3 Å². The van der Waals surface area contributed by atoms with Crippen molar-refractivity contribution in [3.8, 4) is 0 Å². The predicted molar refractivity (Wildman–Crippen MR) is 51.3 cm³/mol. The maximum Gasteiger partial charge on any atom is 0.0462 e. The number of ether oxygens (including phenoxy) is 1. The summed E-state index contributed by atoms with van der Waals surface area (Å²) in [6, 6.07) is 0.754. The van der Waals surface area contributed by atoms with E-state index in [1.54, 1.807) is 7.11 Å². The fourth-order valence-electron chi connectivity index (χ4n) is 1.91. The summed E-state index contributed by atoms with van der Waals surface area (Å²) in [5, 5.41) is 3.55. The smallest absolute Gasteiger partial charge is 0.0462 e. The van der Waals surface area contributed by atoms with Gasteiger partial charge in [0.05, 0.1) is 0 Å². The first-order valence-corrected chi connectivity index (χ1v) is 5.05. The van der Waals surface area contributed by atoms with Crippen molar-refractivity contribution in [2.24, 2.45) is 5.92 Å². The molecule has 1 saturated heterocycles. The molecule has 1 fully saturated rings. The minimum atomic E-state index is 0.754. The number of hydrogen-bond acceptors (Lipinski definition) is 2. The third kappa shape index (κ3) is 3.55. The standard InChI is InChI=1S/C10H21NO/c1-9-5-6-11-10(8-9)4-3-7-12-2/h9-11H,3-8H2,1-2H3. The Hall–Kier alpha value is -0.0800. The molecule has 72 valence electrons. The predicted octanol–water partition coefficient (Wildman–Crippen LogP) is 1.80. The molecule has 0 spiro atoms. The quantitative estimate of drug-likeness (QED) is 0.651. The number of piperidine rings is 1. The summed E-state index contributed by atoms with van der Waals surface area (Å²) < 4.78 is 5.03. The van der Waals surface area contributed by atoms with Gasteiger partial charge in [0.2, 0.25) is 0 Å². The summed E-state index contributed by atoms with van der Waals surface area (Å²) >= 11 is 0. The van der Waals surface area contributed by atoms with E-state index in [9.17, 15) is 0 Å². The Morgan fingerprint density at radius 2 is 2.33 bits per heavy atom. The van der Waals surface area contributed by atoms with E-state index in [-0.39, 0.29) is 0 Å². The summed E-state index contributed by atoms with van der Waals surface area (Å²) in [6.45, 7) is 4.47. The van der Waals surface area contributed by atoms with Crippen LogP contribution in [0.5, 0.6) is 0 Å². The first kappa shape index (κ1) is 10.0. The van der Waals surface area contributed by atoms with Gasteiger partial charge in [-0.3, -0.25) is 0 Å². The molecule has 0 aromatic heterocycles. The molecule has 0 bridgehead atoms. The van der Waals surface area contributed by atoms with E-state index >= 15 is 0 Å². The van der Waals surface area contributed by atoms with E-state index in [0.29, 0.717) is 0 Å². The van der Waals surface area contributed by atoms with E-state index in [1.807, 2.05) is 0 Å². The van der Waals surface area contributed by atoms with Crippen LogP contribution in [0.25, 0.3) is 0 Å². The molecule has 2 nitrogen and oxygen atoms in total. The third-order valence-electron chi connectivity index (χ3n) is 2.66. The highest BCUT2D eigenvalue weighted by Gasteiger charge is 2.16. The maximum atomic E-state index is 5.03. The largest absolute Gasteiger partial charge is 0.385 e. The van der Waals surface area contributed by atoms with E-state index in [1.165, 1.54) is 32.2 Å². The first-order chi connectivity index (χ1) is 5.83. The molecule has 0 radical (unpaired) electrons. The molecule has 0 aromatic rings. The molecule has 1 rings (SSSR count). The van der Waals surface area contributed by atoms with Crippen LogP contribution in [0.1, 0.15) is 32.6 Å². The highest BCUT2D eigenvalue weighted by atomic mass is 16.5. The van der Waals surface area contributed by atoms with Crippen molar-refractivity contribution in [1.82, 2.24) is 5.32 Å². The minimum Gasteiger partial charge on any atom is -0.385 e. The SMILES string of the molecule is COCCCC1CC(C)CCN1. The zero-order valence-electron chi connectivity index (χ0n) is 8.31. The second-order valence-electron chi connectivity index (χ2n) is 3.92. The summed E-state index contributed by atoms with van der Waals surface area (Å²) in [7, 11) is 1.77. The zero-order valence-corrected chi connectivity index (χ0v) is 8.31. The minimum absolute atomic E-state index is 0.754. The Morgan fingerprint density at radius 3 is 3.00 bits per heavy atom. The van der Waals surface area contributed by atoms with Crippen LogP contribution in [0.3, 0.4) is 0 Å². The van der Waals surface area contributed by atoms with Gasteiger partial charge in [0, 0.05) is 19.8 Å². The van der Waals surface area contributed by atoms with Crippen molar-refractivity contribution in [2.45, 2.75) is 38.6 Å². The fraction of sp³-hybridized carbons (Fsp3) is 1.00. The van der Waals surface area contributed by atoms with Crippen molar-refractivity contribution in [3.05, 3.63) is 0 Å². The lowest BCUT2D eigenvalue weighted by atomic mass is 9.92. The maximum absolute atomic E-state index is 5.03. The summed E-state index contributed by atoms with van der Waals surface area (Å²) in [6.07, 6.45) is 5.17. The molecular weight excluding hydrogens is 150 g/mol.